The van der Waals surface area contributed by atoms with Gasteiger partial charge in [-0.15, -0.1) is 5.10 Å². The Hall–Kier alpha value is -0.690. The Morgan fingerprint density at radius 1 is 1.57 bits per heavy atom. The van der Waals surface area contributed by atoms with Crippen LogP contribution in [0.1, 0.15) is 12.8 Å². The lowest BCUT2D eigenvalue weighted by Crippen LogP contribution is -2.29. The van der Waals surface area contributed by atoms with Crippen LogP contribution < -0.4 is 10.6 Å². The molecule has 0 aliphatic rings. The van der Waals surface area contributed by atoms with Crippen molar-refractivity contribution in [3.8, 4) is 0 Å². The summed E-state index contributed by atoms with van der Waals surface area (Å²) in [5.74, 6) is 0. The van der Waals surface area contributed by atoms with Crippen molar-refractivity contribution in [3.05, 3.63) is 6.20 Å². The van der Waals surface area contributed by atoms with Crippen molar-refractivity contribution in [1.29, 1.82) is 0 Å². The Bertz CT molecular complexity index is 267. The Kier molecular flexibility index (Phi) is 5.46. The van der Waals surface area contributed by atoms with Gasteiger partial charge in [-0.3, -0.25) is 5.32 Å². The number of amides is 2. The predicted octanol–water partition coefficient (Wildman–Crippen LogP) is 1.83. The van der Waals surface area contributed by atoms with Crippen molar-refractivity contribution in [1.82, 2.24) is 14.9 Å². The van der Waals surface area contributed by atoms with Crippen LogP contribution >= 0.6 is 27.5 Å². The van der Waals surface area contributed by atoms with Crippen molar-refractivity contribution >= 4 is 38.5 Å². The number of unbranched alkanes of at least 4 members (excludes halogenated alkanes) is 1. The number of carbonyl (C=O) groups is 1. The number of carbonyl (C=O) groups excluding carboxylic acids is 1. The summed E-state index contributed by atoms with van der Waals surface area (Å²) in [4.78, 5) is 11.2. The van der Waals surface area contributed by atoms with E-state index < -0.39 is 0 Å². The standard InChI is InChI=1S/C7H11BrN4OS/c8-3-1-2-4-9-7(13)11-6-5-10-12-14-6/h5H,1-4H2,(H2,9,11,13). The second-order valence-electron chi connectivity index (χ2n) is 2.56. The zero-order valence-corrected chi connectivity index (χ0v) is 9.90. The van der Waals surface area contributed by atoms with Gasteiger partial charge in [0.25, 0.3) is 0 Å². The highest BCUT2D eigenvalue weighted by atomic mass is 79.9. The molecule has 0 aliphatic carbocycles. The Morgan fingerprint density at radius 2 is 2.43 bits per heavy atom. The second-order valence-corrected chi connectivity index (χ2v) is 4.14. The number of hydrogen-bond acceptors (Lipinski definition) is 4. The summed E-state index contributed by atoms with van der Waals surface area (Å²) in [5.41, 5.74) is 0. The van der Waals surface area contributed by atoms with Gasteiger partial charge in [0.1, 0.15) is 5.00 Å². The van der Waals surface area contributed by atoms with Gasteiger partial charge in [0.15, 0.2) is 0 Å². The van der Waals surface area contributed by atoms with E-state index in [0.717, 1.165) is 29.7 Å². The third kappa shape index (κ3) is 4.52. The number of halogens is 1. The van der Waals surface area contributed by atoms with Gasteiger partial charge >= 0.3 is 6.03 Å². The van der Waals surface area contributed by atoms with Crippen LogP contribution in [0.25, 0.3) is 0 Å². The molecule has 0 spiro atoms. The third-order valence-electron chi connectivity index (χ3n) is 1.44. The fourth-order valence-corrected chi connectivity index (χ4v) is 1.61. The van der Waals surface area contributed by atoms with Crippen LogP contribution in [0, 0.1) is 0 Å². The molecule has 2 amide bonds. The minimum Gasteiger partial charge on any atom is -0.338 e. The minimum atomic E-state index is -0.203. The molecule has 0 radical (unpaired) electrons. The summed E-state index contributed by atoms with van der Waals surface area (Å²) < 4.78 is 3.63. The molecule has 0 aromatic carbocycles. The van der Waals surface area contributed by atoms with E-state index in [1.54, 1.807) is 0 Å². The largest absolute Gasteiger partial charge is 0.338 e. The van der Waals surface area contributed by atoms with E-state index in [2.05, 4.69) is 36.2 Å². The van der Waals surface area contributed by atoms with E-state index in [0.29, 0.717) is 11.5 Å². The summed E-state index contributed by atoms with van der Waals surface area (Å²) in [6.07, 6.45) is 3.55. The normalized spacial score (nSPS) is 9.79. The molecule has 0 bridgehead atoms. The van der Waals surface area contributed by atoms with Crippen molar-refractivity contribution in [2.24, 2.45) is 0 Å². The maximum absolute atomic E-state index is 11.2. The Balaban J connectivity index is 2.11. The second kappa shape index (κ2) is 6.72. The van der Waals surface area contributed by atoms with Crippen LogP contribution in [0.4, 0.5) is 9.80 Å². The number of nitrogens with one attached hydrogen (secondary N) is 2. The van der Waals surface area contributed by atoms with Crippen molar-refractivity contribution in [2.45, 2.75) is 12.8 Å². The lowest BCUT2D eigenvalue weighted by molar-refractivity contribution is 0.252. The quantitative estimate of drug-likeness (QED) is 0.638. The van der Waals surface area contributed by atoms with Crippen LogP contribution in [0.5, 0.6) is 0 Å². The average Bonchev–Trinajstić information content (AvgIpc) is 2.65. The van der Waals surface area contributed by atoms with E-state index in [9.17, 15) is 4.79 Å². The summed E-state index contributed by atoms with van der Waals surface area (Å²) in [5, 5.41) is 10.6. The monoisotopic (exact) mass is 278 g/mol. The number of nitrogens with zero attached hydrogens (tertiary/aromatic N) is 2. The first kappa shape index (κ1) is 11.4. The molecule has 1 rings (SSSR count). The third-order valence-corrected chi connectivity index (χ3v) is 2.58. The molecule has 0 saturated carbocycles. The van der Waals surface area contributed by atoms with E-state index in [4.69, 9.17) is 0 Å². The molecular formula is C7H11BrN4OS. The zero-order chi connectivity index (χ0) is 10.2. The molecule has 0 saturated heterocycles. The first-order chi connectivity index (χ1) is 6.83. The first-order valence-electron chi connectivity index (χ1n) is 4.21. The fourth-order valence-electron chi connectivity index (χ4n) is 0.800. The average molecular weight is 279 g/mol. The van der Waals surface area contributed by atoms with Crippen LogP contribution in [-0.2, 0) is 0 Å². The predicted molar refractivity (Wildman–Crippen MR) is 60.0 cm³/mol. The summed E-state index contributed by atoms with van der Waals surface area (Å²) >= 11 is 4.48. The minimum absolute atomic E-state index is 0.203. The molecular weight excluding hydrogens is 268 g/mol. The molecule has 1 aromatic rings. The van der Waals surface area contributed by atoms with Crippen LogP contribution in [0.15, 0.2) is 6.20 Å². The van der Waals surface area contributed by atoms with E-state index in [1.807, 2.05) is 0 Å². The van der Waals surface area contributed by atoms with Gasteiger partial charge in [-0.1, -0.05) is 20.4 Å². The maximum atomic E-state index is 11.2. The molecule has 1 aromatic heterocycles. The summed E-state index contributed by atoms with van der Waals surface area (Å²) in [6, 6.07) is -0.203. The molecule has 0 aliphatic heterocycles. The molecule has 78 valence electrons. The number of urea groups is 1. The van der Waals surface area contributed by atoms with Crippen LogP contribution in [-0.4, -0.2) is 27.5 Å². The van der Waals surface area contributed by atoms with Crippen LogP contribution in [0.3, 0.4) is 0 Å². The zero-order valence-electron chi connectivity index (χ0n) is 7.49. The van der Waals surface area contributed by atoms with Crippen LogP contribution in [0.2, 0.25) is 0 Å². The highest BCUT2D eigenvalue weighted by molar-refractivity contribution is 9.09. The number of hydrogen-bond donors (Lipinski definition) is 2. The maximum Gasteiger partial charge on any atom is 0.319 e. The van der Waals surface area contributed by atoms with Gasteiger partial charge in [-0.25, -0.2) is 4.79 Å². The van der Waals surface area contributed by atoms with Gasteiger partial charge < -0.3 is 5.32 Å². The number of anilines is 1. The molecule has 0 fully saturated rings. The molecule has 2 N–H and O–H groups in total. The lowest BCUT2D eigenvalue weighted by Gasteiger charge is -2.03. The van der Waals surface area contributed by atoms with E-state index in [-0.39, 0.29) is 6.03 Å². The smallest absolute Gasteiger partial charge is 0.319 e. The number of aromatic nitrogens is 2. The highest BCUT2D eigenvalue weighted by Crippen LogP contribution is 2.08. The first-order valence-corrected chi connectivity index (χ1v) is 6.10. The van der Waals surface area contributed by atoms with E-state index in [1.165, 1.54) is 6.20 Å². The molecule has 7 heteroatoms. The molecule has 0 unspecified atom stereocenters. The molecule has 5 nitrogen and oxygen atoms in total. The Labute approximate surface area is 94.6 Å². The summed E-state index contributed by atoms with van der Waals surface area (Å²) in [7, 11) is 0. The summed E-state index contributed by atoms with van der Waals surface area (Å²) in [6.45, 7) is 0.684. The topological polar surface area (TPSA) is 66.9 Å². The number of rotatable bonds is 5. The van der Waals surface area contributed by atoms with Gasteiger partial charge in [0.2, 0.25) is 0 Å². The van der Waals surface area contributed by atoms with E-state index >= 15 is 0 Å². The fraction of sp³-hybridized carbons (Fsp3) is 0.571. The molecule has 0 atom stereocenters. The van der Waals surface area contributed by atoms with Gasteiger partial charge in [0.05, 0.1) is 6.20 Å². The lowest BCUT2D eigenvalue weighted by atomic mass is 10.3. The highest BCUT2D eigenvalue weighted by Gasteiger charge is 2.01. The van der Waals surface area contributed by atoms with Crippen molar-refractivity contribution in [3.63, 3.8) is 0 Å². The van der Waals surface area contributed by atoms with Crippen molar-refractivity contribution < 1.29 is 4.79 Å². The van der Waals surface area contributed by atoms with Gasteiger partial charge in [-0.2, -0.15) is 0 Å². The van der Waals surface area contributed by atoms with Gasteiger partial charge in [0, 0.05) is 23.4 Å². The number of alkyl halides is 1. The SMILES string of the molecule is O=C(NCCCCBr)Nc1cnns1. The molecule has 14 heavy (non-hydrogen) atoms. The molecule has 1 heterocycles. The van der Waals surface area contributed by atoms with Gasteiger partial charge in [-0.05, 0) is 12.8 Å². The van der Waals surface area contributed by atoms with Crippen molar-refractivity contribution in [2.75, 3.05) is 17.2 Å². The Morgan fingerprint density at radius 3 is 3.07 bits per heavy atom.